The second-order valence-corrected chi connectivity index (χ2v) is 7.64. The first-order chi connectivity index (χ1) is 12.1. The van der Waals surface area contributed by atoms with E-state index in [-0.39, 0.29) is 11.9 Å². The monoisotopic (exact) mass is 342 g/mol. The summed E-state index contributed by atoms with van der Waals surface area (Å²) in [7, 11) is 0. The molecule has 0 bridgehead atoms. The van der Waals surface area contributed by atoms with Gasteiger partial charge in [-0.05, 0) is 67.6 Å². The van der Waals surface area contributed by atoms with E-state index in [4.69, 9.17) is 0 Å². The van der Waals surface area contributed by atoms with Crippen LogP contribution in [0.25, 0.3) is 0 Å². The number of benzene rings is 1. The largest absolute Gasteiger partial charge is 0.341 e. The van der Waals surface area contributed by atoms with Gasteiger partial charge < -0.3 is 10.2 Å². The minimum atomic E-state index is -0.459. The molecule has 25 heavy (non-hydrogen) atoms. The highest BCUT2D eigenvalue weighted by atomic mass is 16.2. The van der Waals surface area contributed by atoms with Crippen LogP contribution in [0.2, 0.25) is 0 Å². The van der Waals surface area contributed by atoms with Crippen LogP contribution < -0.4 is 5.32 Å². The first-order valence-corrected chi connectivity index (χ1v) is 9.80. The zero-order chi connectivity index (χ0) is 17.8. The normalized spacial score (nSPS) is 19.2. The molecule has 1 aromatic carbocycles. The van der Waals surface area contributed by atoms with Crippen LogP contribution in [-0.4, -0.2) is 29.8 Å². The van der Waals surface area contributed by atoms with Crippen LogP contribution in [0, 0.1) is 5.92 Å². The van der Waals surface area contributed by atoms with Crippen molar-refractivity contribution in [3.8, 4) is 0 Å². The van der Waals surface area contributed by atoms with E-state index in [1.165, 1.54) is 24.0 Å². The smallest absolute Gasteiger partial charge is 0.311 e. The van der Waals surface area contributed by atoms with Crippen molar-refractivity contribution in [1.29, 1.82) is 0 Å². The number of nitrogens with one attached hydrogen (secondary N) is 1. The molecular formula is C21H30N2O2. The molecule has 2 aliphatic rings. The van der Waals surface area contributed by atoms with Crippen molar-refractivity contribution in [3.63, 3.8) is 0 Å². The Morgan fingerprint density at radius 3 is 2.52 bits per heavy atom. The maximum absolute atomic E-state index is 12.5. The predicted octanol–water partition coefficient (Wildman–Crippen LogP) is 3.39. The van der Waals surface area contributed by atoms with E-state index in [9.17, 15) is 9.59 Å². The molecule has 4 nitrogen and oxygen atoms in total. The van der Waals surface area contributed by atoms with E-state index in [2.05, 4.69) is 37.4 Å². The molecule has 0 radical (unpaired) electrons. The number of rotatable bonds is 3. The minimum Gasteiger partial charge on any atom is -0.341 e. The first kappa shape index (κ1) is 18.0. The molecule has 136 valence electrons. The summed E-state index contributed by atoms with van der Waals surface area (Å²) in [6, 6.07) is 6.46. The summed E-state index contributed by atoms with van der Waals surface area (Å²) in [5.74, 6) is -0.187. The van der Waals surface area contributed by atoms with Crippen LogP contribution in [-0.2, 0) is 22.4 Å². The second-order valence-electron chi connectivity index (χ2n) is 7.64. The molecule has 1 aromatic rings. The Bertz CT molecular complexity index is 633. The van der Waals surface area contributed by atoms with Gasteiger partial charge in [-0.1, -0.05) is 32.0 Å². The van der Waals surface area contributed by atoms with E-state index in [0.717, 1.165) is 37.7 Å². The Hall–Kier alpha value is -1.84. The van der Waals surface area contributed by atoms with Gasteiger partial charge in [0, 0.05) is 13.1 Å². The van der Waals surface area contributed by atoms with Crippen LogP contribution in [0.1, 0.15) is 68.7 Å². The van der Waals surface area contributed by atoms with E-state index < -0.39 is 5.91 Å². The fraction of sp³-hybridized carbons (Fsp3) is 0.619. The Labute approximate surface area is 151 Å². The van der Waals surface area contributed by atoms with E-state index in [1.807, 2.05) is 0 Å². The lowest BCUT2D eigenvalue weighted by Crippen LogP contribution is -2.47. The zero-order valence-electron chi connectivity index (χ0n) is 15.5. The number of aryl methyl sites for hydroxylation is 2. The van der Waals surface area contributed by atoms with Crippen molar-refractivity contribution < 1.29 is 9.59 Å². The van der Waals surface area contributed by atoms with Crippen molar-refractivity contribution in [2.24, 2.45) is 5.92 Å². The van der Waals surface area contributed by atoms with Gasteiger partial charge in [0.15, 0.2) is 0 Å². The van der Waals surface area contributed by atoms with Gasteiger partial charge in [0.25, 0.3) is 0 Å². The standard InChI is InChI=1S/C21H30N2O2/c1-3-19(18-9-8-16-6-4-5-7-17(16)14-18)22-20(24)21(25)23-12-10-15(2)11-13-23/h8-9,14-15,19H,3-7,10-13H2,1-2H3,(H,22,24). The maximum atomic E-state index is 12.5. The molecule has 1 aliphatic heterocycles. The average Bonchev–Trinajstić information content (AvgIpc) is 2.65. The molecule has 2 amide bonds. The van der Waals surface area contributed by atoms with E-state index in [0.29, 0.717) is 19.0 Å². The van der Waals surface area contributed by atoms with Crippen LogP contribution >= 0.6 is 0 Å². The number of nitrogens with zero attached hydrogens (tertiary/aromatic N) is 1. The Kier molecular flexibility index (Phi) is 5.77. The average molecular weight is 342 g/mol. The molecule has 1 unspecified atom stereocenters. The molecular weight excluding hydrogens is 312 g/mol. The number of amides is 2. The molecule has 0 spiro atoms. The van der Waals surface area contributed by atoms with Gasteiger partial charge in [-0.2, -0.15) is 0 Å². The lowest BCUT2D eigenvalue weighted by Gasteiger charge is -2.30. The maximum Gasteiger partial charge on any atom is 0.311 e. The van der Waals surface area contributed by atoms with Crippen molar-refractivity contribution in [2.75, 3.05) is 13.1 Å². The summed E-state index contributed by atoms with van der Waals surface area (Å²) in [4.78, 5) is 26.6. The number of hydrogen-bond acceptors (Lipinski definition) is 2. The number of hydrogen-bond donors (Lipinski definition) is 1. The van der Waals surface area contributed by atoms with Crippen LogP contribution in [0.5, 0.6) is 0 Å². The lowest BCUT2D eigenvalue weighted by molar-refractivity contribution is -0.147. The van der Waals surface area contributed by atoms with Gasteiger partial charge >= 0.3 is 11.8 Å². The Balaban J connectivity index is 1.65. The van der Waals surface area contributed by atoms with Crippen LogP contribution in [0.3, 0.4) is 0 Å². The second kappa shape index (κ2) is 8.03. The highest BCUT2D eigenvalue weighted by Gasteiger charge is 2.27. The number of carbonyl (C=O) groups is 2. The number of carbonyl (C=O) groups excluding carboxylic acids is 2. The number of likely N-dealkylation sites (tertiary alicyclic amines) is 1. The summed E-state index contributed by atoms with van der Waals surface area (Å²) in [6.45, 7) is 5.65. The van der Waals surface area contributed by atoms with E-state index in [1.54, 1.807) is 4.90 Å². The highest BCUT2D eigenvalue weighted by molar-refractivity contribution is 6.35. The van der Waals surface area contributed by atoms with Crippen LogP contribution in [0.15, 0.2) is 18.2 Å². The van der Waals surface area contributed by atoms with Crippen molar-refractivity contribution in [2.45, 2.75) is 64.8 Å². The summed E-state index contributed by atoms with van der Waals surface area (Å²) in [5, 5.41) is 2.97. The summed E-state index contributed by atoms with van der Waals surface area (Å²) in [6.07, 6.45) is 7.55. The van der Waals surface area contributed by atoms with Gasteiger partial charge in [-0.3, -0.25) is 9.59 Å². The van der Waals surface area contributed by atoms with Gasteiger partial charge in [-0.25, -0.2) is 0 Å². The van der Waals surface area contributed by atoms with Gasteiger partial charge in [-0.15, -0.1) is 0 Å². The van der Waals surface area contributed by atoms with Crippen molar-refractivity contribution >= 4 is 11.8 Å². The quantitative estimate of drug-likeness (QED) is 0.856. The van der Waals surface area contributed by atoms with E-state index >= 15 is 0 Å². The molecule has 1 saturated heterocycles. The minimum absolute atomic E-state index is 0.0904. The Morgan fingerprint density at radius 2 is 1.84 bits per heavy atom. The molecule has 4 heteroatoms. The fourth-order valence-corrected chi connectivity index (χ4v) is 3.97. The SMILES string of the molecule is CCC(NC(=O)C(=O)N1CCC(C)CC1)c1ccc2c(c1)CCCC2. The third-order valence-corrected chi connectivity index (χ3v) is 5.75. The molecule has 1 fully saturated rings. The van der Waals surface area contributed by atoms with Gasteiger partial charge in [0.05, 0.1) is 6.04 Å². The first-order valence-electron chi connectivity index (χ1n) is 9.80. The van der Waals surface area contributed by atoms with Gasteiger partial charge in [0.1, 0.15) is 0 Å². The predicted molar refractivity (Wildman–Crippen MR) is 99.2 cm³/mol. The summed E-state index contributed by atoms with van der Waals surface area (Å²) in [5.41, 5.74) is 3.97. The molecule has 0 saturated carbocycles. The molecule has 3 rings (SSSR count). The molecule has 1 heterocycles. The van der Waals surface area contributed by atoms with Crippen molar-refractivity contribution in [1.82, 2.24) is 10.2 Å². The topological polar surface area (TPSA) is 49.4 Å². The fourth-order valence-electron chi connectivity index (χ4n) is 3.97. The molecule has 1 aliphatic carbocycles. The van der Waals surface area contributed by atoms with Crippen molar-refractivity contribution in [3.05, 3.63) is 34.9 Å². The third kappa shape index (κ3) is 4.23. The Morgan fingerprint density at radius 1 is 1.16 bits per heavy atom. The molecule has 0 aromatic heterocycles. The molecule has 1 atom stereocenters. The number of piperidine rings is 1. The highest BCUT2D eigenvalue weighted by Crippen LogP contribution is 2.26. The summed E-state index contributed by atoms with van der Waals surface area (Å²) >= 11 is 0. The number of fused-ring (bicyclic) bond motifs is 1. The summed E-state index contributed by atoms with van der Waals surface area (Å²) < 4.78 is 0. The molecule has 1 N–H and O–H groups in total. The van der Waals surface area contributed by atoms with Gasteiger partial charge in [0.2, 0.25) is 0 Å². The van der Waals surface area contributed by atoms with Crippen LogP contribution in [0.4, 0.5) is 0 Å². The zero-order valence-corrected chi connectivity index (χ0v) is 15.5. The third-order valence-electron chi connectivity index (χ3n) is 5.75. The lowest BCUT2D eigenvalue weighted by atomic mass is 9.89.